The molecule has 2 aliphatic heterocycles. The van der Waals surface area contributed by atoms with Gasteiger partial charge in [0.25, 0.3) is 5.91 Å². The van der Waals surface area contributed by atoms with E-state index in [-0.39, 0.29) is 5.91 Å². The van der Waals surface area contributed by atoms with Gasteiger partial charge in [0.1, 0.15) is 0 Å². The van der Waals surface area contributed by atoms with Crippen LogP contribution in [0.25, 0.3) is 0 Å². The van der Waals surface area contributed by atoms with E-state index < -0.39 is 0 Å². The molecule has 0 radical (unpaired) electrons. The molecule has 1 fully saturated rings. The molecule has 1 saturated heterocycles. The number of benzene rings is 1. The summed E-state index contributed by atoms with van der Waals surface area (Å²) in [4.78, 5) is 21.1. The number of likely N-dealkylation sites (tertiary alicyclic amines) is 1. The molecule has 130 valence electrons. The lowest BCUT2D eigenvalue weighted by atomic mass is 9.95. The van der Waals surface area contributed by atoms with Gasteiger partial charge in [0.05, 0.1) is 0 Å². The largest absolute Gasteiger partial charge is 0.339 e. The summed E-state index contributed by atoms with van der Waals surface area (Å²) in [6, 6.07) is 10.4. The molecule has 4 rings (SSSR count). The Labute approximate surface area is 153 Å². The number of carbonyl (C=O) groups excluding carboxylic acids is 1. The molecular weight excluding hydrogens is 334 g/mol. The van der Waals surface area contributed by atoms with E-state index >= 15 is 0 Å². The quantitative estimate of drug-likeness (QED) is 0.828. The van der Waals surface area contributed by atoms with Gasteiger partial charge in [-0.05, 0) is 48.6 Å². The van der Waals surface area contributed by atoms with Crippen LogP contribution in [0.4, 0.5) is 0 Å². The molecule has 0 N–H and O–H groups in total. The smallest absolute Gasteiger partial charge is 0.253 e. The van der Waals surface area contributed by atoms with Crippen molar-refractivity contribution in [3.05, 3.63) is 64.4 Å². The Kier molecular flexibility index (Phi) is 4.73. The van der Waals surface area contributed by atoms with E-state index in [1.165, 1.54) is 11.1 Å². The van der Waals surface area contributed by atoms with Crippen molar-refractivity contribution in [3.8, 4) is 0 Å². The van der Waals surface area contributed by atoms with Crippen LogP contribution < -0.4 is 0 Å². The summed E-state index contributed by atoms with van der Waals surface area (Å²) in [5.41, 5.74) is 3.40. The number of aromatic nitrogens is 1. The Morgan fingerprint density at radius 2 is 1.84 bits per heavy atom. The van der Waals surface area contributed by atoms with Crippen LogP contribution >= 0.6 is 11.6 Å². The van der Waals surface area contributed by atoms with Gasteiger partial charge in [0.2, 0.25) is 0 Å². The topological polar surface area (TPSA) is 36.4 Å². The van der Waals surface area contributed by atoms with Crippen molar-refractivity contribution < 1.29 is 4.79 Å². The summed E-state index contributed by atoms with van der Waals surface area (Å²) in [6.45, 7) is 3.67. The van der Waals surface area contributed by atoms with Crippen molar-refractivity contribution >= 4 is 17.5 Å². The van der Waals surface area contributed by atoms with Crippen LogP contribution in [0.3, 0.4) is 0 Å². The van der Waals surface area contributed by atoms with Gasteiger partial charge in [0, 0.05) is 55.2 Å². The van der Waals surface area contributed by atoms with Crippen LogP contribution in [-0.4, -0.2) is 46.4 Å². The summed E-state index contributed by atoms with van der Waals surface area (Å²) >= 11 is 6.32. The normalized spacial score (nSPS) is 18.8. The van der Waals surface area contributed by atoms with E-state index in [0.29, 0.717) is 6.04 Å². The fourth-order valence-corrected chi connectivity index (χ4v) is 4.30. The van der Waals surface area contributed by atoms with E-state index in [4.69, 9.17) is 11.6 Å². The lowest BCUT2D eigenvalue weighted by Gasteiger charge is -2.40. The highest BCUT2D eigenvalue weighted by Gasteiger charge is 2.29. The first-order chi connectivity index (χ1) is 12.2. The van der Waals surface area contributed by atoms with Gasteiger partial charge < -0.3 is 4.90 Å². The summed E-state index contributed by atoms with van der Waals surface area (Å²) in [5.74, 6) is 0.122. The fraction of sp³-hybridized carbons (Fsp3) is 0.400. The van der Waals surface area contributed by atoms with Gasteiger partial charge in [0.15, 0.2) is 0 Å². The predicted octanol–water partition coefficient (Wildman–Crippen LogP) is 3.40. The number of rotatable bonds is 2. The molecule has 2 aromatic rings. The van der Waals surface area contributed by atoms with Crippen molar-refractivity contribution in [1.29, 1.82) is 0 Å². The van der Waals surface area contributed by atoms with Gasteiger partial charge >= 0.3 is 0 Å². The summed E-state index contributed by atoms with van der Waals surface area (Å²) < 4.78 is 0. The zero-order chi connectivity index (χ0) is 17.2. The number of pyridine rings is 1. The average Bonchev–Trinajstić information content (AvgIpc) is 2.68. The zero-order valence-corrected chi connectivity index (χ0v) is 15.0. The number of fused-ring (bicyclic) bond motifs is 1. The molecule has 0 bridgehead atoms. The molecule has 3 heterocycles. The van der Waals surface area contributed by atoms with Gasteiger partial charge in [-0.25, -0.2) is 0 Å². The molecule has 2 aliphatic rings. The van der Waals surface area contributed by atoms with Crippen LogP contribution in [0.5, 0.6) is 0 Å². The molecule has 0 aliphatic carbocycles. The Morgan fingerprint density at radius 1 is 1.08 bits per heavy atom. The highest BCUT2D eigenvalue weighted by atomic mass is 35.5. The van der Waals surface area contributed by atoms with Crippen molar-refractivity contribution in [3.63, 3.8) is 0 Å². The monoisotopic (exact) mass is 355 g/mol. The van der Waals surface area contributed by atoms with Crippen molar-refractivity contribution in [2.45, 2.75) is 31.8 Å². The summed E-state index contributed by atoms with van der Waals surface area (Å²) in [7, 11) is 0. The Balaban J connectivity index is 1.37. The second kappa shape index (κ2) is 7.14. The lowest BCUT2D eigenvalue weighted by Crippen LogP contribution is -2.48. The minimum atomic E-state index is 0.122. The van der Waals surface area contributed by atoms with Gasteiger partial charge in [-0.15, -0.1) is 0 Å². The molecular formula is C20H22ClN3O. The SMILES string of the molecule is O=C(c1ccncc1)N1CCC(N2CCc3c(Cl)cccc3C2)CC1. The molecule has 1 amide bonds. The third-order valence-corrected chi connectivity index (χ3v) is 5.79. The number of nitrogens with zero attached hydrogens (tertiary/aromatic N) is 3. The molecule has 0 unspecified atom stereocenters. The highest BCUT2D eigenvalue weighted by Crippen LogP contribution is 2.29. The van der Waals surface area contributed by atoms with E-state index in [1.54, 1.807) is 24.5 Å². The number of amides is 1. The maximum Gasteiger partial charge on any atom is 0.253 e. The van der Waals surface area contributed by atoms with Gasteiger partial charge in [-0.1, -0.05) is 23.7 Å². The second-order valence-electron chi connectivity index (χ2n) is 6.86. The van der Waals surface area contributed by atoms with Crippen LogP contribution in [0.2, 0.25) is 5.02 Å². The minimum absolute atomic E-state index is 0.122. The highest BCUT2D eigenvalue weighted by molar-refractivity contribution is 6.31. The van der Waals surface area contributed by atoms with E-state index in [0.717, 1.165) is 56.0 Å². The van der Waals surface area contributed by atoms with E-state index in [1.807, 2.05) is 17.0 Å². The maximum absolute atomic E-state index is 12.6. The molecule has 1 aromatic carbocycles. The fourth-order valence-electron chi connectivity index (χ4n) is 4.01. The number of hydrogen-bond acceptors (Lipinski definition) is 3. The molecule has 0 atom stereocenters. The first-order valence-electron chi connectivity index (χ1n) is 8.92. The van der Waals surface area contributed by atoms with Crippen LogP contribution in [-0.2, 0) is 13.0 Å². The van der Waals surface area contributed by atoms with Crippen LogP contribution in [0.15, 0.2) is 42.7 Å². The zero-order valence-electron chi connectivity index (χ0n) is 14.2. The van der Waals surface area contributed by atoms with Crippen molar-refractivity contribution in [2.24, 2.45) is 0 Å². The number of halogens is 1. The van der Waals surface area contributed by atoms with Crippen molar-refractivity contribution in [2.75, 3.05) is 19.6 Å². The standard InChI is InChI=1S/C20H22ClN3O/c21-19-3-1-2-16-14-24(13-8-18(16)19)17-6-11-23(12-7-17)20(25)15-4-9-22-10-5-15/h1-5,9-10,17H,6-8,11-14H2. The molecule has 0 saturated carbocycles. The first kappa shape index (κ1) is 16.6. The predicted molar refractivity (Wildman–Crippen MR) is 98.7 cm³/mol. The lowest BCUT2D eigenvalue weighted by molar-refractivity contribution is 0.0599. The Bertz CT molecular complexity index is 757. The van der Waals surface area contributed by atoms with Gasteiger partial charge in [-0.3, -0.25) is 14.7 Å². The summed E-state index contributed by atoms with van der Waals surface area (Å²) in [6.07, 6.45) is 6.44. The minimum Gasteiger partial charge on any atom is -0.339 e. The third kappa shape index (κ3) is 3.42. The first-order valence-corrected chi connectivity index (χ1v) is 9.30. The van der Waals surface area contributed by atoms with E-state index in [9.17, 15) is 4.79 Å². The number of carbonyl (C=O) groups is 1. The van der Waals surface area contributed by atoms with E-state index in [2.05, 4.69) is 16.0 Å². The number of hydrogen-bond donors (Lipinski definition) is 0. The molecule has 1 aromatic heterocycles. The molecule has 5 heteroatoms. The molecule has 0 spiro atoms. The third-order valence-electron chi connectivity index (χ3n) is 5.43. The summed E-state index contributed by atoms with van der Waals surface area (Å²) in [5, 5.41) is 0.898. The van der Waals surface area contributed by atoms with Crippen molar-refractivity contribution in [1.82, 2.24) is 14.8 Å². The molecule has 4 nitrogen and oxygen atoms in total. The average molecular weight is 356 g/mol. The Morgan fingerprint density at radius 3 is 2.60 bits per heavy atom. The number of piperidine rings is 1. The Hall–Kier alpha value is -1.91. The maximum atomic E-state index is 12.6. The van der Waals surface area contributed by atoms with Crippen LogP contribution in [0, 0.1) is 0 Å². The molecule has 25 heavy (non-hydrogen) atoms. The van der Waals surface area contributed by atoms with Gasteiger partial charge in [-0.2, -0.15) is 0 Å². The second-order valence-corrected chi connectivity index (χ2v) is 7.26. The van der Waals surface area contributed by atoms with Crippen LogP contribution in [0.1, 0.15) is 34.3 Å².